The normalized spacial score (nSPS) is 9.88. The number of carboxylic acids is 1. The Morgan fingerprint density at radius 2 is 2.25 bits per heavy atom. The maximum Gasteiger partial charge on any atom is 0.305 e. The van der Waals surface area contributed by atoms with Crippen molar-refractivity contribution >= 4 is 27.8 Å². The first-order valence-electron chi connectivity index (χ1n) is 4.59. The van der Waals surface area contributed by atoms with Gasteiger partial charge in [-0.1, -0.05) is 0 Å². The number of amides is 1. The number of hydrogen-bond donors (Lipinski definition) is 1. The highest BCUT2D eigenvalue weighted by molar-refractivity contribution is 9.10. The van der Waals surface area contributed by atoms with Crippen molar-refractivity contribution in [3.05, 3.63) is 28.5 Å². The van der Waals surface area contributed by atoms with Crippen LogP contribution in [0.15, 0.2) is 22.9 Å². The Morgan fingerprint density at radius 1 is 1.56 bits per heavy atom. The monoisotopic (exact) mass is 286 g/mol. The van der Waals surface area contributed by atoms with Crippen LogP contribution in [0, 0.1) is 0 Å². The zero-order valence-corrected chi connectivity index (χ0v) is 10.3. The lowest BCUT2D eigenvalue weighted by Gasteiger charge is -2.15. The van der Waals surface area contributed by atoms with E-state index in [-0.39, 0.29) is 18.9 Å². The van der Waals surface area contributed by atoms with Crippen LogP contribution in [-0.2, 0) is 4.79 Å². The fourth-order valence-electron chi connectivity index (χ4n) is 1.12. The minimum atomic E-state index is -0.921. The predicted octanol–water partition coefficient (Wildman–Crippen LogP) is 1.39. The van der Waals surface area contributed by atoms with Gasteiger partial charge in [0.1, 0.15) is 4.60 Å². The van der Waals surface area contributed by atoms with Gasteiger partial charge >= 0.3 is 5.97 Å². The van der Waals surface area contributed by atoms with Crippen molar-refractivity contribution < 1.29 is 14.7 Å². The van der Waals surface area contributed by atoms with Gasteiger partial charge < -0.3 is 10.0 Å². The number of carboxylic acid groups (broad SMARTS) is 1. The molecule has 0 saturated carbocycles. The van der Waals surface area contributed by atoms with E-state index in [1.54, 1.807) is 19.2 Å². The van der Waals surface area contributed by atoms with Crippen LogP contribution in [-0.4, -0.2) is 40.5 Å². The van der Waals surface area contributed by atoms with Crippen molar-refractivity contribution in [3.63, 3.8) is 0 Å². The molecule has 0 atom stereocenters. The van der Waals surface area contributed by atoms with Crippen molar-refractivity contribution in [2.24, 2.45) is 0 Å². The number of carbonyl (C=O) groups is 2. The number of halogens is 1. The van der Waals surface area contributed by atoms with Crippen LogP contribution in [0.1, 0.15) is 16.8 Å². The molecule has 16 heavy (non-hydrogen) atoms. The Labute approximate surface area is 101 Å². The average Bonchev–Trinajstić information content (AvgIpc) is 2.24. The quantitative estimate of drug-likeness (QED) is 0.849. The Bertz CT molecular complexity index is 409. The van der Waals surface area contributed by atoms with E-state index in [1.165, 1.54) is 11.1 Å². The molecule has 0 fully saturated rings. The first-order chi connectivity index (χ1) is 7.50. The molecule has 1 aromatic rings. The fourth-order valence-corrected chi connectivity index (χ4v) is 1.49. The first kappa shape index (κ1) is 12.6. The summed E-state index contributed by atoms with van der Waals surface area (Å²) in [6, 6.07) is 3.18. The summed E-state index contributed by atoms with van der Waals surface area (Å²) in [6.45, 7) is 0.189. The lowest BCUT2D eigenvalue weighted by Crippen LogP contribution is -2.29. The Hall–Kier alpha value is -1.43. The maximum absolute atomic E-state index is 11.8. The smallest absolute Gasteiger partial charge is 0.305 e. The number of carbonyl (C=O) groups excluding carboxylic acids is 1. The fraction of sp³-hybridized carbons (Fsp3) is 0.300. The highest BCUT2D eigenvalue weighted by Gasteiger charge is 2.12. The van der Waals surface area contributed by atoms with Gasteiger partial charge in [-0.15, -0.1) is 0 Å². The van der Waals surface area contributed by atoms with E-state index >= 15 is 0 Å². The van der Waals surface area contributed by atoms with Gasteiger partial charge in [0.15, 0.2) is 0 Å². The van der Waals surface area contributed by atoms with Gasteiger partial charge in [-0.25, -0.2) is 4.98 Å². The average molecular weight is 287 g/mol. The van der Waals surface area contributed by atoms with Crippen LogP contribution in [0.3, 0.4) is 0 Å². The molecule has 5 nitrogen and oxygen atoms in total. The van der Waals surface area contributed by atoms with Crippen LogP contribution in [0.2, 0.25) is 0 Å². The second kappa shape index (κ2) is 5.60. The number of rotatable bonds is 4. The number of hydrogen-bond acceptors (Lipinski definition) is 3. The Balaban J connectivity index is 2.67. The molecule has 1 rings (SSSR count). The highest BCUT2D eigenvalue weighted by Crippen LogP contribution is 2.10. The second-order valence-electron chi connectivity index (χ2n) is 3.24. The molecule has 0 aliphatic rings. The van der Waals surface area contributed by atoms with E-state index in [1.807, 2.05) is 0 Å². The molecule has 0 bridgehead atoms. The summed E-state index contributed by atoms with van der Waals surface area (Å²) in [4.78, 5) is 27.4. The summed E-state index contributed by atoms with van der Waals surface area (Å²) < 4.78 is 0.574. The lowest BCUT2D eigenvalue weighted by atomic mass is 10.2. The van der Waals surface area contributed by atoms with Crippen molar-refractivity contribution in [3.8, 4) is 0 Å². The minimum Gasteiger partial charge on any atom is -0.481 e. The van der Waals surface area contributed by atoms with E-state index in [0.29, 0.717) is 10.2 Å². The number of nitrogens with zero attached hydrogens (tertiary/aromatic N) is 2. The Kier molecular flexibility index (Phi) is 4.42. The van der Waals surface area contributed by atoms with E-state index in [0.717, 1.165) is 0 Å². The molecule has 0 unspecified atom stereocenters. The topological polar surface area (TPSA) is 70.5 Å². The van der Waals surface area contributed by atoms with Gasteiger partial charge in [0, 0.05) is 25.4 Å². The van der Waals surface area contributed by atoms with Crippen LogP contribution in [0.4, 0.5) is 0 Å². The standard InChI is InChI=1S/C10H11BrN2O3/c1-13(5-3-9(14)15)10(16)7-2-4-12-8(11)6-7/h2,4,6H,3,5H2,1H3,(H,14,15). The number of aliphatic carboxylic acids is 1. The molecule has 0 aliphatic carbocycles. The van der Waals surface area contributed by atoms with Gasteiger partial charge in [-0.3, -0.25) is 9.59 Å². The molecule has 1 heterocycles. The van der Waals surface area contributed by atoms with Gasteiger partial charge in [-0.2, -0.15) is 0 Å². The SMILES string of the molecule is CN(CCC(=O)O)C(=O)c1ccnc(Br)c1. The largest absolute Gasteiger partial charge is 0.481 e. The van der Waals surface area contributed by atoms with Gasteiger partial charge in [0.05, 0.1) is 6.42 Å². The maximum atomic E-state index is 11.8. The van der Waals surface area contributed by atoms with Crippen LogP contribution >= 0.6 is 15.9 Å². The number of pyridine rings is 1. The second-order valence-corrected chi connectivity index (χ2v) is 4.05. The summed E-state index contributed by atoms with van der Waals surface area (Å²) in [5, 5.41) is 8.50. The van der Waals surface area contributed by atoms with E-state index in [9.17, 15) is 9.59 Å². The van der Waals surface area contributed by atoms with Crippen molar-refractivity contribution in [1.29, 1.82) is 0 Å². The third-order valence-corrected chi connectivity index (χ3v) is 2.41. The van der Waals surface area contributed by atoms with Crippen LogP contribution in [0.25, 0.3) is 0 Å². The van der Waals surface area contributed by atoms with Gasteiger partial charge in [0.25, 0.3) is 5.91 Å². The molecule has 0 aromatic carbocycles. The molecule has 1 amide bonds. The molecule has 0 aliphatic heterocycles. The highest BCUT2D eigenvalue weighted by atomic mass is 79.9. The summed E-state index contributed by atoms with van der Waals surface area (Å²) in [5.41, 5.74) is 0.481. The molecule has 6 heteroatoms. The molecular formula is C10H11BrN2O3. The van der Waals surface area contributed by atoms with Crippen LogP contribution < -0.4 is 0 Å². The zero-order valence-electron chi connectivity index (χ0n) is 8.68. The molecule has 0 radical (unpaired) electrons. The lowest BCUT2D eigenvalue weighted by molar-refractivity contribution is -0.137. The van der Waals surface area contributed by atoms with Crippen LogP contribution in [0.5, 0.6) is 0 Å². The first-order valence-corrected chi connectivity index (χ1v) is 5.39. The van der Waals surface area contributed by atoms with Crippen molar-refractivity contribution in [2.75, 3.05) is 13.6 Å². The van der Waals surface area contributed by atoms with Gasteiger partial charge in [0.2, 0.25) is 0 Å². The zero-order chi connectivity index (χ0) is 12.1. The van der Waals surface area contributed by atoms with E-state index < -0.39 is 5.97 Å². The third kappa shape index (κ3) is 3.62. The molecule has 1 N–H and O–H groups in total. The molecule has 86 valence electrons. The summed E-state index contributed by atoms with van der Waals surface area (Å²) >= 11 is 3.17. The minimum absolute atomic E-state index is 0.0610. The van der Waals surface area contributed by atoms with Crippen molar-refractivity contribution in [1.82, 2.24) is 9.88 Å². The molecular weight excluding hydrogens is 276 g/mol. The van der Waals surface area contributed by atoms with Crippen molar-refractivity contribution in [2.45, 2.75) is 6.42 Å². The van der Waals surface area contributed by atoms with E-state index in [2.05, 4.69) is 20.9 Å². The third-order valence-electron chi connectivity index (χ3n) is 1.98. The summed E-state index contributed by atoms with van der Waals surface area (Å²) in [7, 11) is 1.57. The Morgan fingerprint density at radius 3 is 2.81 bits per heavy atom. The summed E-state index contributed by atoms with van der Waals surface area (Å²) in [6.07, 6.45) is 1.46. The predicted molar refractivity (Wildman–Crippen MR) is 61.2 cm³/mol. The van der Waals surface area contributed by atoms with E-state index in [4.69, 9.17) is 5.11 Å². The van der Waals surface area contributed by atoms with Gasteiger partial charge in [-0.05, 0) is 28.1 Å². The molecule has 0 spiro atoms. The summed E-state index contributed by atoms with van der Waals surface area (Å²) in [5.74, 6) is -1.14. The molecule has 0 saturated heterocycles. The number of aromatic nitrogens is 1. The molecule has 1 aromatic heterocycles.